The van der Waals surface area contributed by atoms with Crippen molar-refractivity contribution in [1.29, 1.82) is 0 Å². The van der Waals surface area contributed by atoms with Crippen LogP contribution in [0.25, 0.3) is 0 Å². The molecule has 2 amide bonds. The van der Waals surface area contributed by atoms with Crippen molar-refractivity contribution in [3.05, 3.63) is 69.5 Å². The van der Waals surface area contributed by atoms with Crippen LogP contribution in [-0.4, -0.2) is 55.4 Å². The van der Waals surface area contributed by atoms with Crippen LogP contribution in [-0.2, 0) is 9.59 Å². The summed E-state index contributed by atoms with van der Waals surface area (Å²) in [5.74, 6) is -8.82. The molecular weight excluding hydrogens is 574 g/mol. The second kappa shape index (κ2) is 12.0. The molecule has 0 heterocycles. The normalized spacial score (nSPS) is 17.8. The van der Waals surface area contributed by atoms with Gasteiger partial charge in [-0.1, -0.05) is 29.8 Å². The summed E-state index contributed by atoms with van der Waals surface area (Å²) < 4.78 is 134. The molecular formula is C24H21ClF10N2O2. The van der Waals surface area contributed by atoms with Crippen molar-refractivity contribution in [3.63, 3.8) is 0 Å². The number of likely N-dealkylation sites (N-methyl/N-ethyl adjacent to an activating group) is 1. The molecule has 0 fully saturated rings. The number of halogens is 11. The minimum absolute atomic E-state index is 0.106. The van der Waals surface area contributed by atoms with E-state index in [2.05, 4.69) is 0 Å². The summed E-state index contributed by atoms with van der Waals surface area (Å²) in [6.07, 6.45) is -14.7. The Hall–Kier alpha value is -3.03. The Bertz CT molecular complexity index is 1180. The summed E-state index contributed by atoms with van der Waals surface area (Å²) in [5, 5.41) is 1.96. The molecule has 2 atom stereocenters. The molecule has 0 radical (unpaired) electrons. The summed E-state index contributed by atoms with van der Waals surface area (Å²) in [6.45, 7) is -1.30. The molecule has 1 aliphatic rings. The molecule has 0 aliphatic heterocycles. The third-order valence-electron chi connectivity index (χ3n) is 5.64. The van der Waals surface area contributed by atoms with Crippen LogP contribution >= 0.6 is 11.6 Å². The molecule has 15 heteroatoms. The van der Waals surface area contributed by atoms with E-state index in [0.29, 0.717) is 0 Å². The van der Waals surface area contributed by atoms with E-state index in [0.717, 1.165) is 31.3 Å². The number of nitrogens with zero attached hydrogens (tertiary/aromatic N) is 1. The van der Waals surface area contributed by atoms with E-state index >= 15 is 0 Å². The number of hydrogen-bond donors (Lipinski definition) is 1. The third kappa shape index (κ3) is 9.01. The second-order valence-electron chi connectivity index (χ2n) is 8.67. The van der Waals surface area contributed by atoms with Crippen LogP contribution in [0.5, 0.6) is 0 Å². The summed E-state index contributed by atoms with van der Waals surface area (Å²) >= 11 is 5.81. The Morgan fingerprint density at radius 2 is 1.74 bits per heavy atom. The maximum Gasteiger partial charge on any atom is 0.413 e. The third-order valence-corrected chi connectivity index (χ3v) is 6.07. The zero-order valence-electron chi connectivity index (χ0n) is 20.2. The standard InChI is InChI=1S/C24H21ClF10N2O2/c1-12-7-13(4-6-18(12)25)16(23(30,31)32)9-19(26)14-3-5-15(17(8-14)24(33,34)35)21(39)36-10-20(38)37(2)11-22(27,28)29/h3-4,6-9,15-16H,5,10-11H2,1-2H3,(H,36,39)/b19-9-. The SMILES string of the molecule is Cc1cc(C(/C=C(\F)C2=CCC(C(=O)NCC(=O)N(C)CC(F)(F)F)C(C(F)(F)F)=C2)C(F)(F)F)ccc1Cl. The first-order chi connectivity index (χ1) is 17.7. The van der Waals surface area contributed by atoms with Gasteiger partial charge in [0.15, 0.2) is 0 Å². The summed E-state index contributed by atoms with van der Waals surface area (Å²) in [4.78, 5) is 24.3. The first-order valence-corrected chi connectivity index (χ1v) is 11.4. The summed E-state index contributed by atoms with van der Waals surface area (Å²) in [7, 11) is 0.771. The molecule has 0 bridgehead atoms. The predicted molar refractivity (Wildman–Crippen MR) is 121 cm³/mol. The summed E-state index contributed by atoms with van der Waals surface area (Å²) in [6, 6.07) is 3.22. The van der Waals surface area contributed by atoms with Crippen molar-refractivity contribution in [2.45, 2.75) is 37.8 Å². The Balaban J connectivity index is 2.29. The molecule has 0 spiro atoms. The van der Waals surface area contributed by atoms with Gasteiger partial charge >= 0.3 is 18.5 Å². The fourth-order valence-electron chi connectivity index (χ4n) is 3.65. The topological polar surface area (TPSA) is 49.4 Å². The Morgan fingerprint density at radius 3 is 2.26 bits per heavy atom. The first kappa shape index (κ1) is 32.2. The highest BCUT2D eigenvalue weighted by Gasteiger charge is 2.44. The highest BCUT2D eigenvalue weighted by molar-refractivity contribution is 6.31. The zero-order valence-corrected chi connectivity index (χ0v) is 20.9. The number of hydrogen-bond acceptors (Lipinski definition) is 2. The lowest BCUT2D eigenvalue weighted by Crippen LogP contribution is -2.44. The minimum atomic E-state index is -5.23. The first-order valence-electron chi connectivity index (χ1n) is 11.0. The van der Waals surface area contributed by atoms with Crippen LogP contribution in [0.4, 0.5) is 43.9 Å². The number of carbonyl (C=O) groups is 2. The predicted octanol–water partition coefficient (Wildman–Crippen LogP) is 6.72. The van der Waals surface area contributed by atoms with Crippen LogP contribution in [0.3, 0.4) is 0 Å². The average Bonchev–Trinajstić information content (AvgIpc) is 2.79. The molecule has 0 saturated heterocycles. The maximum absolute atomic E-state index is 14.9. The van der Waals surface area contributed by atoms with Crippen molar-refractivity contribution in [3.8, 4) is 0 Å². The molecule has 216 valence electrons. The van der Waals surface area contributed by atoms with Crippen molar-refractivity contribution in [2.24, 2.45) is 5.92 Å². The lowest BCUT2D eigenvalue weighted by molar-refractivity contribution is -0.158. The zero-order chi connectivity index (χ0) is 29.9. The number of allylic oxidation sites excluding steroid dienone is 5. The molecule has 1 N–H and O–H groups in total. The van der Waals surface area contributed by atoms with E-state index in [1.807, 2.05) is 5.32 Å². The van der Waals surface area contributed by atoms with Gasteiger partial charge in [0.2, 0.25) is 11.8 Å². The molecule has 39 heavy (non-hydrogen) atoms. The van der Waals surface area contributed by atoms with Gasteiger partial charge in [-0.15, -0.1) is 0 Å². The van der Waals surface area contributed by atoms with E-state index in [4.69, 9.17) is 11.6 Å². The second-order valence-corrected chi connectivity index (χ2v) is 9.08. The largest absolute Gasteiger partial charge is 0.413 e. The van der Waals surface area contributed by atoms with Crippen LogP contribution < -0.4 is 5.32 Å². The Labute approximate surface area is 221 Å². The molecule has 1 aromatic carbocycles. The van der Waals surface area contributed by atoms with Gasteiger partial charge in [0, 0.05) is 23.2 Å². The molecule has 4 nitrogen and oxygen atoms in total. The quantitative estimate of drug-likeness (QED) is 0.357. The van der Waals surface area contributed by atoms with E-state index in [-0.39, 0.29) is 27.6 Å². The molecule has 1 aromatic rings. The lowest BCUT2D eigenvalue weighted by Gasteiger charge is -2.25. The smallest absolute Gasteiger partial charge is 0.346 e. The van der Waals surface area contributed by atoms with Crippen LogP contribution in [0, 0.1) is 12.8 Å². The van der Waals surface area contributed by atoms with Gasteiger partial charge < -0.3 is 10.2 Å². The van der Waals surface area contributed by atoms with Crippen molar-refractivity contribution in [1.82, 2.24) is 10.2 Å². The highest BCUT2D eigenvalue weighted by atomic mass is 35.5. The minimum Gasteiger partial charge on any atom is -0.346 e. The van der Waals surface area contributed by atoms with Crippen LogP contribution in [0.2, 0.25) is 5.02 Å². The number of carbonyl (C=O) groups excluding carboxylic acids is 2. The van der Waals surface area contributed by atoms with Gasteiger partial charge in [0.25, 0.3) is 0 Å². The van der Waals surface area contributed by atoms with Crippen molar-refractivity contribution < 1.29 is 53.5 Å². The number of aryl methyl sites for hydroxylation is 1. The van der Waals surface area contributed by atoms with E-state index < -0.39 is 84.2 Å². The van der Waals surface area contributed by atoms with Crippen LogP contribution in [0.1, 0.15) is 23.5 Å². The number of benzene rings is 1. The van der Waals surface area contributed by atoms with Crippen molar-refractivity contribution in [2.75, 3.05) is 20.1 Å². The highest BCUT2D eigenvalue weighted by Crippen LogP contribution is 2.42. The lowest BCUT2D eigenvalue weighted by atomic mass is 9.86. The van der Waals surface area contributed by atoms with Gasteiger partial charge in [-0.3, -0.25) is 9.59 Å². The Kier molecular flexibility index (Phi) is 9.91. The number of rotatable bonds is 7. The molecule has 2 unspecified atom stereocenters. The number of amides is 2. The van der Waals surface area contributed by atoms with Gasteiger partial charge in [-0.25, -0.2) is 4.39 Å². The summed E-state index contributed by atoms with van der Waals surface area (Å²) in [5.41, 5.74) is -2.62. The number of nitrogens with one attached hydrogen (secondary N) is 1. The fourth-order valence-corrected chi connectivity index (χ4v) is 3.77. The Morgan fingerprint density at radius 1 is 1.13 bits per heavy atom. The van der Waals surface area contributed by atoms with Gasteiger partial charge in [-0.05, 0) is 42.7 Å². The molecule has 0 saturated carbocycles. The van der Waals surface area contributed by atoms with Gasteiger partial charge in [0.05, 0.1) is 12.5 Å². The van der Waals surface area contributed by atoms with Crippen LogP contribution in [0.15, 0.2) is 53.4 Å². The fraction of sp³-hybridized carbons (Fsp3) is 0.417. The number of alkyl halides is 9. The van der Waals surface area contributed by atoms with Crippen molar-refractivity contribution >= 4 is 23.4 Å². The molecule has 0 aromatic heterocycles. The van der Waals surface area contributed by atoms with E-state index in [9.17, 15) is 53.5 Å². The average molecular weight is 595 g/mol. The van der Waals surface area contributed by atoms with Gasteiger partial charge in [0.1, 0.15) is 18.3 Å². The van der Waals surface area contributed by atoms with Gasteiger partial charge in [-0.2, -0.15) is 39.5 Å². The van der Waals surface area contributed by atoms with E-state index in [1.54, 1.807) is 0 Å². The molecule has 1 aliphatic carbocycles. The van der Waals surface area contributed by atoms with E-state index in [1.165, 1.54) is 6.92 Å². The monoisotopic (exact) mass is 594 g/mol. The maximum atomic E-state index is 14.9. The molecule has 2 rings (SSSR count).